The monoisotopic (exact) mass is 571 g/mol. The number of hydrogen-bond donors (Lipinski definition) is 5. The van der Waals surface area contributed by atoms with Crippen LogP contribution >= 0.6 is 0 Å². The van der Waals surface area contributed by atoms with Crippen LogP contribution in [0, 0.1) is 0 Å². The third kappa shape index (κ3) is 32.3. The van der Waals surface area contributed by atoms with Gasteiger partial charge in [-0.15, -0.1) is 0 Å². The number of ether oxygens (including phenoxy) is 1. The molecule has 1 rings (SSSR count). The van der Waals surface area contributed by atoms with Crippen LogP contribution in [0.15, 0.2) is 30.3 Å². The maximum absolute atomic E-state index is 11.4. The van der Waals surface area contributed by atoms with Crippen LogP contribution in [0.1, 0.15) is 89.5 Å². The molecular formula is C25H42NNaO10S. The molecular weight excluding hydrogens is 529 g/mol. The van der Waals surface area contributed by atoms with Crippen molar-refractivity contribution in [2.45, 2.75) is 100 Å². The Balaban J connectivity index is 0. The number of nitrogens with one attached hydrogen (secondary N) is 1. The van der Waals surface area contributed by atoms with E-state index in [1.165, 1.54) is 95.8 Å². The SMILES string of the molecule is CCCCCCCCCCC[CH2][Na].O=C(O)CCC(NC(=O)OCc1ccccc1)C(=O)O.O=S(=O)(O)O. The van der Waals surface area contributed by atoms with Crippen molar-refractivity contribution in [3.63, 3.8) is 0 Å². The number of rotatable bonds is 17. The molecule has 0 aliphatic heterocycles. The van der Waals surface area contributed by atoms with Crippen molar-refractivity contribution in [1.29, 1.82) is 0 Å². The van der Waals surface area contributed by atoms with Gasteiger partial charge in [-0.2, -0.15) is 8.42 Å². The Bertz CT molecular complexity index is 835. The van der Waals surface area contributed by atoms with Gasteiger partial charge in [0.05, 0.1) is 0 Å². The number of hydrogen-bond acceptors (Lipinski definition) is 6. The van der Waals surface area contributed by atoms with Crippen LogP contribution in [0.3, 0.4) is 0 Å². The molecule has 0 aromatic heterocycles. The molecule has 0 spiro atoms. The first-order chi connectivity index (χ1) is 17.9. The summed E-state index contributed by atoms with van der Waals surface area (Å²) in [7, 11) is -4.67. The molecule has 0 bridgehead atoms. The van der Waals surface area contributed by atoms with Crippen molar-refractivity contribution in [2.24, 2.45) is 0 Å². The molecule has 0 radical (unpaired) electrons. The summed E-state index contributed by atoms with van der Waals surface area (Å²) in [4.78, 5) is 32.7. The summed E-state index contributed by atoms with van der Waals surface area (Å²) in [5.41, 5.74) is 0.764. The van der Waals surface area contributed by atoms with Gasteiger partial charge in [0.25, 0.3) is 0 Å². The molecule has 0 saturated carbocycles. The van der Waals surface area contributed by atoms with Crippen LogP contribution in [0.4, 0.5) is 4.79 Å². The van der Waals surface area contributed by atoms with Crippen molar-refractivity contribution < 1.29 is 46.9 Å². The molecule has 11 nitrogen and oxygen atoms in total. The second-order valence-corrected chi connectivity index (χ2v) is 10.6. The maximum Gasteiger partial charge on any atom is 0.408 e. The van der Waals surface area contributed by atoms with Gasteiger partial charge >= 0.3 is 131 Å². The summed E-state index contributed by atoms with van der Waals surface area (Å²) in [6, 6.07) is 7.61. The van der Waals surface area contributed by atoms with Gasteiger partial charge < -0.3 is 20.3 Å². The predicted molar refractivity (Wildman–Crippen MR) is 145 cm³/mol. The van der Waals surface area contributed by atoms with E-state index in [4.69, 9.17) is 32.5 Å². The molecule has 0 aliphatic carbocycles. The quantitative estimate of drug-likeness (QED) is 0.0959. The molecule has 5 N–H and O–H groups in total. The van der Waals surface area contributed by atoms with Gasteiger partial charge in [-0.1, -0.05) is 30.3 Å². The third-order valence-corrected chi connectivity index (χ3v) is 5.86. The van der Waals surface area contributed by atoms with E-state index in [1.54, 1.807) is 24.3 Å². The number of alkyl carbamates (subject to hydrolysis) is 1. The van der Waals surface area contributed by atoms with E-state index in [9.17, 15) is 14.4 Å². The molecule has 0 aliphatic rings. The third-order valence-electron chi connectivity index (χ3n) is 5.16. The molecule has 0 fully saturated rings. The number of unbranched alkanes of at least 4 members (excludes halogenated alkanes) is 9. The average Bonchev–Trinajstić information content (AvgIpc) is 2.84. The van der Waals surface area contributed by atoms with Gasteiger partial charge in [0, 0.05) is 6.42 Å². The second-order valence-electron chi connectivity index (χ2n) is 8.66. The number of carbonyl (C=O) groups excluding carboxylic acids is 1. The van der Waals surface area contributed by atoms with E-state index in [-0.39, 0.29) is 19.4 Å². The molecule has 1 amide bonds. The first kappa shape index (κ1) is 38.4. The molecule has 1 atom stereocenters. The Morgan fingerprint density at radius 2 is 1.37 bits per heavy atom. The number of carbonyl (C=O) groups is 3. The van der Waals surface area contributed by atoms with Gasteiger partial charge in [0.15, 0.2) is 0 Å². The number of amides is 1. The Morgan fingerprint density at radius 3 is 1.79 bits per heavy atom. The summed E-state index contributed by atoms with van der Waals surface area (Å²) < 4.78 is 37.9. The molecule has 214 valence electrons. The molecule has 13 heteroatoms. The minimum Gasteiger partial charge on any atom is -0.481 e. The Morgan fingerprint density at radius 1 is 0.895 bits per heavy atom. The summed E-state index contributed by atoms with van der Waals surface area (Å²) in [6.45, 7) is 2.30. The largest absolute Gasteiger partial charge is 0.481 e. The van der Waals surface area contributed by atoms with Crippen molar-refractivity contribution in [3.8, 4) is 0 Å². The Hall–Kier alpha value is -1.70. The standard InChI is InChI=1S/C13H15NO6.C12H25.Na.H2O4S/c15-11(16)7-6-10(12(17)18)14-13(19)20-8-9-4-2-1-3-5-9;1-3-5-7-9-11-12-10-8-6-4-2;;1-5(2,3)4/h1-5,10H,6-8H2,(H,14,19)(H,15,16)(H,17,18);1,3-12H2,2H3;;(H2,1,2,3,4). The molecule has 1 unspecified atom stereocenters. The molecule has 0 saturated heterocycles. The normalized spacial score (nSPS) is 11.2. The van der Waals surface area contributed by atoms with E-state index in [2.05, 4.69) is 12.2 Å². The van der Waals surface area contributed by atoms with E-state index < -0.39 is 34.5 Å². The zero-order valence-electron chi connectivity index (χ0n) is 22.5. The van der Waals surface area contributed by atoms with Crippen molar-refractivity contribution in [1.82, 2.24) is 5.32 Å². The van der Waals surface area contributed by atoms with Crippen LogP contribution in [0.2, 0.25) is 3.67 Å². The van der Waals surface area contributed by atoms with Gasteiger partial charge in [0.1, 0.15) is 12.6 Å². The van der Waals surface area contributed by atoms with E-state index in [0.29, 0.717) is 0 Å². The first-order valence-electron chi connectivity index (χ1n) is 13.0. The minimum atomic E-state index is -4.67. The number of carboxylic acid groups (broad SMARTS) is 2. The van der Waals surface area contributed by atoms with Crippen LogP contribution in [-0.4, -0.2) is 79.7 Å². The summed E-state index contributed by atoms with van der Waals surface area (Å²) >= 11 is 1.41. The number of carboxylic acids is 2. The van der Waals surface area contributed by atoms with E-state index in [0.717, 1.165) is 5.56 Å². The first-order valence-corrected chi connectivity index (χ1v) is 15.8. The summed E-state index contributed by atoms with van der Waals surface area (Å²) in [5, 5.41) is 19.5. The van der Waals surface area contributed by atoms with Gasteiger partial charge in [0.2, 0.25) is 0 Å². The predicted octanol–water partition coefficient (Wildman–Crippen LogP) is 5.07. The van der Waals surface area contributed by atoms with Crippen LogP contribution < -0.4 is 5.32 Å². The van der Waals surface area contributed by atoms with Gasteiger partial charge in [-0.3, -0.25) is 13.9 Å². The maximum atomic E-state index is 11.4. The fraction of sp³-hybridized carbons (Fsp3) is 0.640. The van der Waals surface area contributed by atoms with Crippen molar-refractivity contribution >= 4 is 56.4 Å². The van der Waals surface area contributed by atoms with Gasteiger partial charge in [-0.25, -0.2) is 9.59 Å². The fourth-order valence-electron chi connectivity index (χ4n) is 3.17. The van der Waals surface area contributed by atoms with Crippen molar-refractivity contribution in [3.05, 3.63) is 35.9 Å². The smallest absolute Gasteiger partial charge is 0.408 e. The summed E-state index contributed by atoms with van der Waals surface area (Å²) in [5.74, 6) is -2.43. The molecule has 1 aromatic carbocycles. The van der Waals surface area contributed by atoms with E-state index >= 15 is 0 Å². The molecule has 38 heavy (non-hydrogen) atoms. The van der Waals surface area contributed by atoms with Crippen LogP contribution in [-0.2, 0) is 31.3 Å². The minimum absolute atomic E-state index is 0.0118. The topological polar surface area (TPSA) is 188 Å². The zero-order valence-corrected chi connectivity index (χ0v) is 25.3. The summed E-state index contributed by atoms with van der Waals surface area (Å²) in [6.07, 6.45) is 13.3. The van der Waals surface area contributed by atoms with Crippen molar-refractivity contribution in [2.75, 3.05) is 0 Å². The molecule has 0 heterocycles. The van der Waals surface area contributed by atoms with Crippen LogP contribution in [0.25, 0.3) is 0 Å². The fourth-order valence-corrected chi connectivity index (χ4v) is 3.67. The number of aliphatic carboxylic acids is 2. The van der Waals surface area contributed by atoms with Gasteiger partial charge in [-0.05, 0) is 12.0 Å². The average molecular weight is 572 g/mol. The second kappa shape index (κ2) is 25.6. The zero-order chi connectivity index (χ0) is 29.2. The number of benzene rings is 1. The van der Waals surface area contributed by atoms with E-state index in [1.807, 2.05) is 6.07 Å². The molecule has 1 aromatic rings. The Kier molecular flexibility index (Phi) is 25.9. The van der Waals surface area contributed by atoms with Crippen LogP contribution in [0.5, 0.6) is 0 Å². The Labute approximate surface area is 243 Å².